The van der Waals surface area contributed by atoms with Gasteiger partial charge in [0.2, 0.25) is 11.8 Å². The standard InChI is InChI=1S/C36H40ClN3O5S/c1-5-27(3)38-36(42)34(23-28-10-7-6-8-11-28)39(24-29-12-9-13-30(37)22-29)35(41)25-40(31-16-14-26(2)15-17-31)46(43,44)33-20-18-32(45-4)19-21-33/h6-22,27,34H,5,23-25H2,1-4H3,(H,38,42)/t27-,34+/m1/s1. The first-order valence-electron chi connectivity index (χ1n) is 15.1. The average molecular weight is 662 g/mol. The van der Waals surface area contributed by atoms with Gasteiger partial charge in [-0.05, 0) is 79.9 Å². The van der Waals surface area contributed by atoms with E-state index in [2.05, 4.69) is 5.32 Å². The number of hydrogen-bond acceptors (Lipinski definition) is 5. The Hall–Kier alpha value is -4.34. The molecule has 0 unspecified atom stereocenters. The van der Waals surface area contributed by atoms with E-state index >= 15 is 0 Å². The fourth-order valence-corrected chi connectivity index (χ4v) is 6.57. The number of amides is 2. The van der Waals surface area contributed by atoms with Crippen LogP contribution in [0.4, 0.5) is 5.69 Å². The fraction of sp³-hybridized carbons (Fsp3) is 0.278. The van der Waals surface area contributed by atoms with Gasteiger partial charge >= 0.3 is 0 Å². The SMILES string of the molecule is CC[C@@H](C)NC(=O)[C@H](Cc1ccccc1)N(Cc1cccc(Cl)c1)C(=O)CN(c1ccc(C)cc1)S(=O)(=O)c1ccc(OC)cc1. The topological polar surface area (TPSA) is 96.0 Å². The van der Waals surface area contributed by atoms with E-state index in [0.717, 1.165) is 15.4 Å². The molecule has 0 radical (unpaired) electrons. The van der Waals surface area contributed by atoms with Gasteiger partial charge < -0.3 is 15.0 Å². The maximum absolute atomic E-state index is 14.5. The molecule has 4 aromatic rings. The molecule has 8 nitrogen and oxygen atoms in total. The molecule has 0 aromatic heterocycles. The van der Waals surface area contributed by atoms with Gasteiger partial charge in [0.25, 0.3) is 10.0 Å². The van der Waals surface area contributed by atoms with Crippen molar-refractivity contribution in [3.05, 3.63) is 125 Å². The monoisotopic (exact) mass is 661 g/mol. The van der Waals surface area contributed by atoms with E-state index in [1.54, 1.807) is 54.6 Å². The summed E-state index contributed by atoms with van der Waals surface area (Å²) in [6, 6.07) is 28.4. The van der Waals surface area contributed by atoms with Gasteiger partial charge in [-0.1, -0.05) is 78.7 Å². The Morgan fingerprint density at radius 3 is 2.15 bits per heavy atom. The zero-order valence-electron chi connectivity index (χ0n) is 26.5. The van der Waals surface area contributed by atoms with Gasteiger partial charge in [-0.3, -0.25) is 13.9 Å². The number of anilines is 1. The number of ether oxygens (including phenoxy) is 1. The number of carbonyl (C=O) groups is 2. The molecule has 0 aliphatic rings. The highest BCUT2D eigenvalue weighted by molar-refractivity contribution is 7.92. The molecule has 0 spiro atoms. The molecule has 46 heavy (non-hydrogen) atoms. The van der Waals surface area contributed by atoms with Crippen LogP contribution in [-0.4, -0.2) is 50.9 Å². The third-order valence-electron chi connectivity index (χ3n) is 7.76. The summed E-state index contributed by atoms with van der Waals surface area (Å²) >= 11 is 6.31. The third-order valence-corrected chi connectivity index (χ3v) is 9.79. The smallest absolute Gasteiger partial charge is 0.264 e. The minimum atomic E-state index is -4.22. The maximum Gasteiger partial charge on any atom is 0.264 e. The van der Waals surface area contributed by atoms with Crippen LogP contribution in [0.25, 0.3) is 0 Å². The van der Waals surface area contributed by atoms with Crippen molar-refractivity contribution in [2.24, 2.45) is 0 Å². The van der Waals surface area contributed by atoms with Gasteiger partial charge in [-0.2, -0.15) is 0 Å². The number of aryl methyl sites for hydroxylation is 1. The van der Waals surface area contributed by atoms with E-state index in [0.29, 0.717) is 28.4 Å². The van der Waals surface area contributed by atoms with Crippen molar-refractivity contribution in [3.63, 3.8) is 0 Å². The summed E-state index contributed by atoms with van der Waals surface area (Å²) in [6.07, 6.45) is 0.929. The Balaban J connectivity index is 1.80. The predicted octanol–water partition coefficient (Wildman–Crippen LogP) is 6.41. The Morgan fingerprint density at radius 1 is 0.891 bits per heavy atom. The number of methoxy groups -OCH3 is 1. The molecule has 0 fully saturated rings. The highest BCUT2D eigenvalue weighted by atomic mass is 35.5. The summed E-state index contributed by atoms with van der Waals surface area (Å²) in [6.45, 7) is 5.26. The average Bonchev–Trinajstić information content (AvgIpc) is 3.06. The molecule has 4 aromatic carbocycles. The van der Waals surface area contributed by atoms with Crippen LogP contribution < -0.4 is 14.4 Å². The minimum Gasteiger partial charge on any atom is -0.497 e. The van der Waals surface area contributed by atoms with E-state index in [9.17, 15) is 18.0 Å². The number of sulfonamides is 1. The number of nitrogens with zero attached hydrogens (tertiary/aromatic N) is 2. The zero-order chi connectivity index (χ0) is 33.3. The molecule has 0 heterocycles. The van der Waals surface area contributed by atoms with Gasteiger partial charge in [0.15, 0.2) is 0 Å². The number of nitrogens with one attached hydrogen (secondary N) is 1. The second kappa shape index (κ2) is 15.8. The van der Waals surface area contributed by atoms with Crippen molar-refractivity contribution in [1.82, 2.24) is 10.2 Å². The molecule has 0 aliphatic heterocycles. The summed E-state index contributed by atoms with van der Waals surface area (Å²) < 4.78 is 34.7. The molecule has 2 atom stereocenters. The van der Waals surface area contributed by atoms with Crippen LogP contribution >= 0.6 is 11.6 Å². The van der Waals surface area contributed by atoms with Gasteiger partial charge in [0.1, 0.15) is 18.3 Å². The van der Waals surface area contributed by atoms with E-state index < -0.39 is 28.5 Å². The molecule has 242 valence electrons. The van der Waals surface area contributed by atoms with Crippen molar-refractivity contribution in [2.45, 2.75) is 57.1 Å². The summed E-state index contributed by atoms with van der Waals surface area (Å²) in [4.78, 5) is 29.9. The van der Waals surface area contributed by atoms with E-state index in [1.165, 1.54) is 24.1 Å². The second-order valence-electron chi connectivity index (χ2n) is 11.2. The molecule has 1 N–H and O–H groups in total. The fourth-order valence-electron chi connectivity index (χ4n) is 4.94. The predicted molar refractivity (Wildman–Crippen MR) is 183 cm³/mol. The lowest BCUT2D eigenvalue weighted by Crippen LogP contribution is -2.54. The molecule has 4 rings (SSSR count). The van der Waals surface area contributed by atoms with Gasteiger partial charge in [-0.25, -0.2) is 8.42 Å². The Labute approximate surface area is 277 Å². The van der Waals surface area contributed by atoms with Gasteiger partial charge in [0.05, 0.1) is 17.7 Å². The Bertz CT molecular complexity index is 1720. The lowest BCUT2D eigenvalue weighted by molar-refractivity contribution is -0.140. The summed E-state index contributed by atoms with van der Waals surface area (Å²) in [5.41, 5.74) is 2.82. The maximum atomic E-state index is 14.5. The molecule has 0 bridgehead atoms. The van der Waals surface area contributed by atoms with Crippen molar-refractivity contribution in [2.75, 3.05) is 18.0 Å². The van der Waals surface area contributed by atoms with Crippen LogP contribution in [0.15, 0.2) is 108 Å². The molecular weight excluding hydrogens is 622 g/mol. The number of rotatable bonds is 14. The minimum absolute atomic E-state index is 0.00147. The van der Waals surface area contributed by atoms with Crippen LogP contribution in [0, 0.1) is 6.92 Å². The van der Waals surface area contributed by atoms with Crippen LogP contribution in [0.2, 0.25) is 5.02 Å². The van der Waals surface area contributed by atoms with Gasteiger partial charge in [-0.15, -0.1) is 0 Å². The molecule has 2 amide bonds. The number of benzene rings is 4. The zero-order valence-corrected chi connectivity index (χ0v) is 28.1. The van der Waals surface area contributed by atoms with E-state index in [-0.39, 0.29) is 29.8 Å². The lowest BCUT2D eigenvalue weighted by Gasteiger charge is -2.34. The van der Waals surface area contributed by atoms with Crippen LogP contribution in [0.3, 0.4) is 0 Å². The highest BCUT2D eigenvalue weighted by Crippen LogP contribution is 2.27. The largest absolute Gasteiger partial charge is 0.497 e. The first-order valence-corrected chi connectivity index (χ1v) is 16.9. The molecular formula is C36H40ClN3O5S. The van der Waals surface area contributed by atoms with E-state index in [1.807, 2.05) is 57.2 Å². The first-order chi connectivity index (χ1) is 22.0. The molecule has 0 saturated carbocycles. The number of carbonyl (C=O) groups excluding carboxylic acids is 2. The molecule has 0 aliphatic carbocycles. The van der Waals surface area contributed by atoms with Crippen molar-refractivity contribution in [3.8, 4) is 5.75 Å². The quantitative estimate of drug-likeness (QED) is 0.169. The normalized spacial score (nSPS) is 12.5. The lowest BCUT2D eigenvalue weighted by atomic mass is 10.0. The van der Waals surface area contributed by atoms with Crippen LogP contribution in [-0.2, 0) is 32.6 Å². The molecule has 0 saturated heterocycles. The number of halogens is 1. The van der Waals surface area contributed by atoms with Crippen molar-refractivity contribution < 1.29 is 22.7 Å². The van der Waals surface area contributed by atoms with Crippen LogP contribution in [0.1, 0.15) is 37.0 Å². The van der Waals surface area contributed by atoms with Crippen LogP contribution in [0.5, 0.6) is 5.75 Å². The summed E-state index contributed by atoms with van der Waals surface area (Å²) in [7, 11) is -2.72. The first kappa shape index (κ1) is 34.5. The molecule has 10 heteroatoms. The van der Waals surface area contributed by atoms with E-state index in [4.69, 9.17) is 16.3 Å². The summed E-state index contributed by atoms with van der Waals surface area (Å²) in [5.74, 6) is -0.368. The Kier molecular flexibility index (Phi) is 11.8. The highest BCUT2D eigenvalue weighted by Gasteiger charge is 2.35. The third kappa shape index (κ3) is 8.89. The van der Waals surface area contributed by atoms with Crippen molar-refractivity contribution in [1.29, 1.82) is 0 Å². The second-order valence-corrected chi connectivity index (χ2v) is 13.5. The van der Waals surface area contributed by atoms with Gasteiger partial charge in [0, 0.05) is 24.0 Å². The van der Waals surface area contributed by atoms with Crippen molar-refractivity contribution >= 4 is 39.1 Å². The number of hydrogen-bond donors (Lipinski definition) is 1. The Morgan fingerprint density at radius 2 is 1.54 bits per heavy atom. The summed E-state index contributed by atoms with van der Waals surface area (Å²) in [5, 5.41) is 3.52.